The van der Waals surface area contributed by atoms with Gasteiger partial charge in [0.05, 0.1) is 18.2 Å². The van der Waals surface area contributed by atoms with Crippen molar-refractivity contribution in [3.63, 3.8) is 0 Å². The molecule has 1 unspecified atom stereocenters. The van der Waals surface area contributed by atoms with Gasteiger partial charge in [-0.2, -0.15) is 0 Å². The van der Waals surface area contributed by atoms with E-state index in [1.54, 1.807) is 0 Å². The van der Waals surface area contributed by atoms with E-state index in [4.69, 9.17) is 4.74 Å². The molecule has 0 aliphatic carbocycles. The molecule has 2 aromatic rings. The van der Waals surface area contributed by atoms with Crippen molar-refractivity contribution in [2.24, 2.45) is 0 Å². The fraction of sp³-hybridized carbons (Fsp3) is 0.316. The lowest BCUT2D eigenvalue weighted by molar-refractivity contribution is 0.0734. The number of hydrogen-bond acceptors (Lipinski definition) is 2. The number of nitrogens with zero attached hydrogens (tertiary/aromatic N) is 1. The summed E-state index contributed by atoms with van der Waals surface area (Å²) in [6.07, 6.45) is 2.04. The first-order chi connectivity index (χ1) is 11.2. The van der Waals surface area contributed by atoms with Crippen LogP contribution < -0.4 is 4.74 Å². The van der Waals surface area contributed by atoms with Crippen LogP contribution in [0.5, 0.6) is 5.75 Å². The van der Waals surface area contributed by atoms with Crippen LogP contribution in [0.25, 0.3) is 0 Å². The molecule has 2 aromatic carbocycles. The van der Waals surface area contributed by atoms with Crippen molar-refractivity contribution in [3.8, 4) is 5.75 Å². The van der Waals surface area contributed by atoms with Crippen molar-refractivity contribution < 1.29 is 9.53 Å². The normalized spacial score (nSPS) is 17.3. The number of hydrogen-bond donors (Lipinski definition) is 0. The molecule has 0 aromatic heterocycles. The molecule has 1 aliphatic heterocycles. The lowest BCUT2D eigenvalue weighted by Crippen LogP contribution is -2.30. The van der Waals surface area contributed by atoms with Gasteiger partial charge in [-0.25, -0.2) is 0 Å². The van der Waals surface area contributed by atoms with Crippen molar-refractivity contribution in [2.45, 2.75) is 25.8 Å². The highest BCUT2D eigenvalue weighted by molar-refractivity contribution is 9.10. The van der Waals surface area contributed by atoms with Gasteiger partial charge >= 0.3 is 0 Å². The summed E-state index contributed by atoms with van der Waals surface area (Å²) in [4.78, 5) is 14.9. The van der Waals surface area contributed by atoms with Gasteiger partial charge in [-0.05, 0) is 65.5 Å². The number of amides is 1. The van der Waals surface area contributed by atoms with Crippen LogP contribution >= 0.6 is 15.9 Å². The standard InChI is InChI=1S/C19H20BrNO2/c1-2-23-15-11-9-14(10-12-15)18-8-5-13-21(18)19(22)16-6-3-4-7-17(16)20/h3-4,6-7,9-12,18H,2,5,8,13H2,1H3. The number of carbonyl (C=O) groups is 1. The van der Waals surface area contributed by atoms with E-state index in [2.05, 4.69) is 28.1 Å². The van der Waals surface area contributed by atoms with Crippen LogP contribution in [0.3, 0.4) is 0 Å². The molecular formula is C19H20BrNO2. The summed E-state index contributed by atoms with van der Waals surface area (Å²) in [5, 5.41) is 0. The topological polar surface area (TPSA) is 29.5 Å². The summed E-state index contributed by atoms with van der Waals surface area (Å²) in [7, 11) is 0. The minimum Gasteiger partial charge on any atom is -0.494 e. The van der Waals surface area contributed by atoms with Crippen molar-refractivity contribution in [2.75, 3.05) is 13.2 Å². The Hall–Kier alpha value is -1.81. The first-order valence-electron chi connectivity index (χ1n) is 7.99. The van der Waals surface area contributed by atoms with E-state index in [1.807, 2.05) is 48.2 Å². The maximum Gasteiger partial charge on any atom is 0.255 e. The van der Waals surface area contributed by atoms with E-state index in [1.165, 1.54) is 5.56 Å². The Morgan fingerprint density at radius 2 is 1.96 bits per heavy atom. The average Bonchev–Trinajstić information content (AvgIpc) is 3.05. The molecule has 0 saturated carbocycles. The minimum absolute atomic E-state index is 0.0915. The van der Waals surface area contributed by atoms with Gasteiger partial charge < -0.3 is 9.64 Å². The number of carbonyl (C=O) groups excluding carboxylic acids is 1. The Labute approximate surface area is 145 Å². The molecular weight excluding hydrogens is 354 g/mol. The fourth-order valence-corrected chi connectivity index (χ4v) is 3.55. The largest absolute Gasteiger partial charge is 0.494 e. The van der Waals surface area contributed by atoms with Crippen LogP contribution in [-0.2, 0) is 0 Å². The first kappa shape index (κ1) is 16.1. The number of benzene rings is 2. The molecule has 23 heavy (non-hydrogen) atoms. The smallest absolute Gasteiger partial charge is 0.255 e. The molecule has 1 heterocycles. The lowest BCUT2D eigenvalue weighted by Gasteiger charge is -2.25. The second-order valence-corrected chi connectivity index (χ2v) is 6.49. The average molecular weight is 374 g/mol. The molecule has 120 valence electrons. The van der Waals surface area contributed by atoms with E-state index in [9.17, 15) is 4.79 Å². The predicted molar refractivity (Wildman–Crippen MR) is 94.8 cm³/mol. The Morgan fingerprint density at radius 1 is 1.22 bits per heavy atom. The van der Waals surface area contributed by atoms with E-state index in [0.717, 1.165) is 35.2 Å². The van der Waals surface area contributed by atoms with Crippen molar-refractivity contribution in [3.05, 3.63) is 64.1 Å². The Morgan fingerprint density at radius 3 is 2.65 bits per heavy atom. The highest BCUT2D eigenvalue weighted by Gasteiger charge is 2.31. The third-order valence-electron chi connectivity index (χ3n) is 4.19. The van der Waals surface area contributed by atoms with Crippen LogP contribution in [0.1, 0.15) is 41.7 Å². The van der Waals surface area contributed by atoms with Crippen LogP contribution in [0.2, 0.25) is 0 Å². The van der Waals surface area contributed by atoms with Gasteiger partial charge in [0.25, 0.3) is 5.91 Å². The molecule has 0 radical (unpaired) electrons. The second-order valence-electron chi connectivity index (χ2n) is 5.64. The number of ether oxygens (including phenoxy) is 1. The third-order valence-corrected chi connectivity index (χ3v) is 4.89. The van der Waals surface area contributed by atoms with Gasteiger partial charge in [0.15, 0.2) is 0 Å². The van der Waals surface area contributed by atoms with Gasteiger partial charge in [-0.1, -0.05) is 24.3 Å². The molecule has 1 fully saturated rings. The van der Waals surface area contributed by atoms with E-state index >= 15 is 0 Å². The van der Waals surface area contributed by atoms with Gasteiger partial charge in [-0.3, -0.25) is 4.79 Å². The van der Waals surface area contributed by atoms with Crippen molar-refractivity contribution in [1.82, 2.24) is 4.90 Å². The summed E-state index contributed by atoms with van der Waals surface area (Å²) in [6, 6.07) is 15.9. The monoisotopic (exact) mass is 373 g/mol. The van der Waals surface area contributed by atoms with Crippen LogP contribution in [0, 0.1) is 0 Å². The molecule has 3 rings (SSSR count). The zero-order chi connectivity index (χ0) is 16.2. The molecule has 0 bridgehead atoms. The number of halogens is 1. The zero-order valence-electron chi connectivity index (χ0n) is 13.2. The second kappa shape index (κ2) is 7.18. The summed E-state index contributed by atoms with van der Waals surface area (Å²) in [5.41, 5.74) is 1.90. The maximum atomic E-state index is 12.9. The molecule has 0 spiro atoms. The van der Waals surface area contributed by atoms with Crippen LogP contribution in [0.4, 0.5) is 0 Å². The highest BCUT2D eigenvalue weighted by Crippen LogP contribution is 2.34. The van der Waals surface area contributed by atoms with Gasteiger partial charge in [0.2, 0.25) is 0 Å². The van der Waals surface area contributed by atoms with E-state index in [-0.39, 0.29) is 11.9 Å². The molecule has 0 N–H and O–H groups in total. The van der Waals surface area contributed by atoms with Crippen molar-refractivity contribution in [1.29, 1.82) is 0 Å². The lowest BCUT2D eigenvalue weighted by atomic mass is 10.0. The van der Waals surface area contributed by atoms with Crippen LogP contribution in [0.15, 0.2) is 53.0 Å². The van der Waals surface area contributed by atoms with Gasteiger partial charge in [-0.15, -0.1) is 0 Å². The van der Waals surface area contributed by atoms with Crippen molar-refractivity contribution >= 4 is 21.8 Å². The molecule has 1 aliphatic rings. The summed E-state index contributed by atoms with van der Waals surface area (Å²) >= 11 is 3.48. The molecule has 1 amide bonds. The van der Waals surface area contributed by atoms with Crippen LogP contribution in [-0.4, -0.2) is 24.0 Å². The number of likely N-dealkylation sites (tertiary alicyclic amines) is 1. The highest BCUT2D eigenvalue weighted by atomic mass is 79.9. The third kappa shape index (κ3) is 3.42. The summed E-state index contributed by atoms with van der Waals surface area (Å²) in [6.45, 7) is 3.44. The summed E-state index contributed by atoms with van der Waals surface area (Å²) in [5.74, 6) is 0.965. The molecule has 3 nitrogen and oxygen atoms in total. The minimum atomic E-state index is 0.0915. The molecule has 1 atom stereocenters. The SMILES string of the molecule is CCOc1ccc(C2CCCN2C(=O)c2ccccc2Br)cc1. The Kier molecular flexibility index (Phi) is 5.01. The quantitative estimate of drug-likeness (QED) is 0.768. The maximum absolute atomic E-state index is 12.9. The van der Waals surface area contributed by atoms with E-state index in [0.29, 0.717) is 6.61 Å². The fourth-order valence-electron chi connectivity index (χ4n) is 3.10. The van der Waals surface area contributed by atoms with E-state index < -0.39 is 0 Å². The molecule has 4 heteroatoms. The Bertz CT molecular complexity index is 684. The Balaban J connectivity index is 1.82. The van der Waals surface area contributed by atoms with Gasteiger partial charge in [0.1, 0.15) is 5.75 Å². The zero-order valence-corrected chi connectivity index (χ0v) is 14.8. The first-order valence-corrected chi connectivity index (χ1v) is 8.78. The molecule has 1 saturated heterocycles. The number of rotatable bonds is 4. The summed E-state index contributed by atoms with van der Waals surface area (Å²) < 4.78 is 6.35. The van der Waals surface area contributed by atoms with Gasteiger partial charge in [0, 0.05) is 11.0 Å². The predicted octanol–water partition coefficient (Wildman–Crippen LogP) is 4.83.